The molecular weight excluding hydrogens is 280 g/mol. The number of aryl methyl sites for hydroxylation is 1. The molecule has 1 aliphatic carbocycles. The molecule has 1 fully saturated rings. The van der Waals surface area contributed by atoms with E-state index in [1.165, 1.54) is 0 Å². The van der Waals surface area contributed by atoms with Crippen LogP contribution in [-0.4, -0.2) is 5.91 Å². The van der Waals surface area contributed by atoms with E-state index >= 15 is 0 Å². The fraction of sp³-hybridized carbons (Fsp3) is 0.308. The molecule has 0 spiro atoms. The van der Waals surface area contributed by atoms with Crippen molar-refractivity contribution in [3.63, 3.8) is 0 Å². The Morgan fingerprint density at radius 2 is 2.00 bits per heavy atom. The summed E-state index contributed by atoms with van der Waals surface area (Å²) in [5.41, 5.74) is 14.6. The van der Waals surface area contributed by atoms with E-state index in [1.807, 2.05) is 25.1 Å². The Bertz CT molecular complexity index is 504. The molecule has 0 aliphatic heterocycles. The summed E-state index contributed by atoms with van der Waals surface area (Å²) < 4.78 is 0.945. The summed E-state index contributed by atoms with van der Waals surface area (Å²) in [4.78, 5) is 11.5. The first-order chi connectivity index (χ1) is 8.00. The molecule has 0 heterocycles. The molecule has 90 valence electrons. The van der Waals surface area contributed by atoms with Crippen molar-refractivity contribution in [1.82, 2.24) is 0 Å². The molecule has 17 heavy (non-hydrogen) atoms. The Kier molecular flexibility index (Phi) is 3.24. The lowest BCUT2D eigenvalue weighted by atomic mass is 9.99. The number of carbonyl (C=O) groups excluding carboxylic acids is 1. The van der Waals surface area contributed by atoms with Gasteiger partial charge in [0.05, 0.1) is 0 Å². The first-order valence-corrected chi connectivity index (χ1v) is 6.36. The third-order valence-corrected chi connectivity index (χ3v) is 3.52. The van der Waals surface area contributed by atoms with Gasteiger partial charge in [-0.05, 0) is 43.4 Å². The predicted molar refractivity (Wildman–Crippen MR) is 71.9 cm³/mol. The van der Waals surface area contributed by atoms with E-state index in [4.69, 9.17) is 11.5 Å². The van der Waals surface area contributed by atoms with Crippen molar-refractivity contribution in [2.45, 2.75) is 19.8 Å². The number of hydrogen-bond donors (Lipinski definition) is 2. The summed E-state index contributed by atoms with van der Waals surface area (Å²) in [6, 6.07) is 5.85. The van der Waals surface area contributed by atoms with E-state index in [9.17, 15) is 4.79 Å². The van der Waals surface area contributed by atoms with Gasteiger partial charge in [0.2, 0.25) is 5.91 Å². The van der Waals surface area contributed by atoms with Crippen LogP contribution < -0.4 is 11.5 Å². The Morgan fingerprint density at radius 3 is 2.53 bits per heavy atom. The molecule has 1 aromatic carbocycles. The van der Waals surface area contributed by atoms with Crippen LogP contribution >= 0.6 is 15.9 Å². The van der Waals surface area contributed by atoms with Crippen LogP contribution in [0, 0.1) is 12.8 Å². The van der Waals surface area contributed by atoms with Crippen molar-refractivity contribution in [3.05, 3.63) is 39.4 Å². The molecule has 0 unspecified atom stereocenters. The van der Waals surface area contributed by atoms with Gasteiger partial charge < -0.3 is 11.5 Å². The zero-order valence-electron chi connectivity index (χ0n) is 9.66. The highest BCUT2D eigenvalue weighted by Gasteiger charge is 2.31. The fourth-order valence-electron chi connectivity index (χ4n) is 1.96. The predicted octanol–water partition coefficient (Wildman–Crippen LogP) is 2.32. The monoisotopic (exact) mass is 294 g/mol. The van der Waals surface area contributed by atoms with Crippen LogP contribution in [0.4, 0.5) is 0 Å². The van der Waals surface area contributed by atoms with Crippen LogP contribution in [-0.2, 0) is 4.79 Å². The van der Waals surface area contributed by atoms with Gasteiger partial charge in [0.15, 0.2) is 0 Å². The van der Waals surface area contributed by atoms with Crippen LogP contribution in [0.2, 0.25) is 0 Å². The number of amides is 1. The lowest BCUT2D eigenvalue weighted by Gasteiger charge is -2.11. The van der Waals surface area contributed by atoms with Crippen molar-refractivity contribution in [2.75, 3.05) is 0 Å². The van der Waals surface area contributed by atoms with Gasteiger partial charge in [-0.15, -0.1) is 0 Å². The topological polar surface area (TPSA) is 69.1 Å². The van der Waals surface area contributed by atoms with Crippen LogP contribution in [0.3, 0.4) is 0 Å². The van der Waals surface area contributed by atoms with Gasteiger partial charge in [0.1, 0.15) is 0 Å². The highest BCUT2D eigenvalue weighted by atomic mass is 79.9. The molecule has 1 aromatic rings. The summed E-state index contributed by atoms with van der Waals surface area (Å²) >= 11 is 3.41. The quantitative estimate of drug-likeness (QED) is 0.840. The second-order valence-corrected chi connectivity index (χ2v) is 5.34. The number of rotatable bonds is 3. The van der Waals surface area contributed by atoms with E-state index < -0.39 is 5.91 Å². The van der Waals surface area contributed by atoms with Crippen LogP contribution in [0.5, 0.6) is 0 Å². The maximum Gasteiger partial charge on any atom is 0.247 e. The lowest BCUT2D eigenvalue weighted by Crippen LogP contribution is -2.20. The van der Waals surface area contributed by atoms with Crippen LogP contribution in [0.15, 0.2) is 28.2 Å². The van der Waals surface area contributed by atoms with E-state index in [1.54, 1.807) is 0 Å². The van der Waals surface area contributed by atoms with Gasteiger partial charge in [-0.1, -0.05) is 22.0 Å². The van der Waals surface area contributed by atoms with Gasteiger partial charge in [-0.2, -0.15) is 0 Å². The minimum absolute atomic E-state index is 0.255. The lowest BCUT2D eigenvalue weighted by molar-refractivity contribution is -0.114. The molecule has 0 atom stereocenters. The van der Waals surface area contributed by atoms with E-state index in [0.29, 0.717) is 11.3 Å². The minimum Gasteiger partial charge on any atom is -0.398 e. The van der Waals surface area contributed by atoms with Gasteiger partial charge in [0, 0.05) is 21.3 Å². The van der Waals surface area contributed by atoms with Crippen molar-refractivity contribution >= 4 is 27.5 Å². The average Bonchev–Trinajstić information content (AvgIpc) is 3.05. The third-order valence-electron chi connectivity index (χ3n) is 3.03. The molecule has 0 radical (unpaired) electrons. The maximum absolute atomic E-state index is 11.5. The van der Waals surface area contributed by atoms with Crippen molar-refractivity contribution in [2.24, 2.45) is 17.4 Å². The van der Waals surface area contributed by atoms with Crippen molar-refractivity contribution < 1.29 is 4.79 Å². The van der Waals surface area contributed by atoms with Crippen LogP contribution in [0.1, 0.15) is 24.0 Å². The molecule has 1 amide bonds. The van der Waals surface area contributed by atoms with Crippen molar-refractivity contribution in [3.8, 4) is 0 Å². The van der Waals surface area contributed by atoms with Gasteiger partial charge in [-0.3, -0.25) is 4.79 Å². The zero-order valence-corrected chi connectivity index (χ0v) is 11.3. The number of hydrogen-bond acceptors (Lipinski definition) is 2. The summed E-state index contributed by atoms with van der Waals surface area (Å²) in [5, 5.41) is 0. The van der Waals surface area contributed by atoms with Crippen LogP contribution in [0.25, 0.3) is 5.70 Å². The summed E-state index contributed by atoms with van der Waals surface area (Å²) in [7, 11) is 0. The number of nitrogens with two attached hydrogens (primary N) is 2. The molecule has 1 saturated carbocycles. The first kappa shape index (κ1) is 12.2. The number of primary amides is 1. The zero-order chi connectivity index (χ0) is 12.6. The molecule has 0 bridgehead atoms. The third kappa shape index (κ3) is 2.52. The molecule has 4 N–H and O–H groups in total. The van der Waals surface area contributed by atoms with Gasteiger partial charge in [-0.25, -0.2) is 0 Å². The normalized spacial score (nSPS) is 16.6. The molecule has 0 saturated heterocycles. The molecule has 3 nitrogen and oxygen atoms in total. The summed E-state index contributed by atoms with van der Waals surface area (Å²) in [6.45, 7) is 1.97. The first-order valence-electron chi connectivity index (χ1n) is 5.56. The Balaban J connectivity index is 2.53. The highest BCUT2D eigenvalue weighted by molar-refractivity contribution is 9.10. The smallest absolute Gasteiger partial charge is 0.247 e. The number of benzene rings is 1. The highest BCUT2D eigenvalue weighted by Crippen LogP contribution is 2.39. The number of carbonyl (C=O) groups is 1. The number of halogens is 1. The summed E-state index contributed by atoms with van der Waals surface area (Å²) in [5.74, 6) is -0.143. The van der Waals surface area contributed by atoms with E-state index in [0.717, 1.165) is 28.4 Å². The molecular formula is C13H15BrN2O. The largest absolute Gasteiger partial charge is 0.398 e. The molecule has 2 rings (SSSR count). The Morgan fingerprint density at radius 1 is 1.35 bits per heavy atom. The summed E-state index contributed by atoms with van der Waals surface area (Å²) in [6.07, 6.45) is 2.01. The maximum atomic E-state index is 11.5. The standard InChI is InChI=1S/C13H15BrN2O/c1-7-2-5-9(14)6-10(7)12(15)11(13(16)17)8-3-4-8/h2,5-6,8H,3-4,15H2,1H3,(H2,16,17)/b12-11-. The molecule has 0 aromatic heterocycles. The Labute approximate surface area is 109 Å². The second kappa shape index (κ2) is 4.53. The molecule has 4 heteroatoms. The van der Waals surface area contributed by atoms with Gasteiger partial charge >= 0.3 is 0 Å². The second-order valence-electron chi connectivity index (χ2n) is 4.43. The Hall–Kier alpha value is -1.29. The minimum atomic E-state index is -0.399. The molecule has 1 aliphatic rings. The van der Waals surface area contributed by atoms with E-state index in [-0.39, 0.29) is 5.92 Å². The fourth-order valence-corrected chi connectivity index (χ4v) is 2.32. The van der Waals surface area contributed by atoms with Gasteiger partial charge in [0.25, 0.3) is 0 Å². The van der Waals surface area contributed by atoms with Crippen molar-refractivity contribution in [1.29, 1.82) is 0 Å². The van der Waals surface area contributed by atoms with E-state index in [2.05, 4.69) is 15.9 Å². The average molecular weight is 295 g/mol. The SMILES string of the molecule is Cc1ccc(Br)cc1/C(N)=C(/C(N)=O)C1CC1.